The summed E-state index contributed by atoms with van der Waals surface area (Å²) < 4.78 is 10.2. The molecule has 8 rings (SSSR count). The highest BCUT2D eigenvalue weighted by atomic mass is 32.1. The Kier molecular flexibility index (Phi) is 4.08. The molecule has 3 aromatic heterocycles. The van der Waals surface area contributed by atoms with Crippen molar-refractivity contribution >= 4 is 75.3 Å². The lowest BCUT2D eigenvalue weighted by atomic mass is 10.1. The molecule has 5 heteroatoms. The number of para-hydroxylation sites is 2. The topological polar surface area (TPSA) is 52.2 Å². The van der Waals surface area contributed by atoms with Crippen molar-refractivity contribution in [3.05, 3.63) is 124 Å². The van der Waals surface area contributed by atoms with Crippen molar-refractivity contribution in [2.45, 2.75) is 0 Å². The normalized spacial score (nSPS) is 12.0. The van der Waals surface area contributed by atoms with Gasteiger partial charge >= 0.3 is 0 Å². The molecule has 0 N–H and O–H groups in total. The van der Waals surface area contributed by atoms with E-state index in [1.807, 2.05) is 72.8 Å². The van der Waals surface area contributed by atoms with Gasteiger partial charge in [0.1, 0.15) is 11.2 Å². The van der Waals surface area contributed by atoms with E-state index >= 15 is 0 Å². The molecule has 8 aromatic rings. The van der Waals surface area contributed by atoms with Crippen molar-refractivity contribution in [2.75, 3.05) is 0 Å². The molecule has 174 valence electrons. The van der Waals surface area contributed by atoms with Crippen LogP contribution in [0.15, 0.2) is 117 Å². The molecule has 0 fully saturated rings. The first-order chi connectivity index (χ1) is 18.2. The van der Waals surface area contributed by atoms with E-state index in [4.69, 9.17) is 4.42 Å². The Hall–Kier alpha value is -4.74. The number of hydrogen-bond acceptors (Lipinski definition) is 4. The summed E-state index contributed by atoms with van der Waals surface area (Å²) in [6.45, 7) is 0. The average molecular weight is 496 g/mol. The quantitative estimate of drug-likeness (QED) is 0.219. The summed E-state index contributed by atoms with van der Waals surface area (Å²) >= 11 is 1.53. The lowest BCUT2D eigenvalue weighted by molar-refractivity contribution is 0.660. The van der Waals surface area contributed by atoms with Crippen LogP contribution in [0.2, 0.25) is 0 Å². The molecule has 5 aromatic carbocycles. The van der Waals surface area contributed by atoms with Crippen molar-refractivity contribution in [3.8, 4) is 5.69 Å². The third-order valence-electron chi connectivity index (χ3n) is 7.19. The predicted octanol–water partition coefficient (Wildman–Crippen LogP) is 7.77. The molecule has 0 bridgehead atoms. The molecule has 4 nitrogen and oxygen atoms in total. The second-order valence-electron chi connectivity index (χ2n) is 9.22. The van der Waals surface area contributed by atoms with Crippen LogP contribution in [0.1, 0.15) is 0 Å². The maximum Gasteiger partial charge on any atom is 0.202 e. The van der Waals surface area contributed by atoms with Gasteiger partial charge in [-0.1, -0.05) is 54.6 Å². The van der Waals surface area contributed by atoms with Gasteiger partial charge < -0.3 is 8.98 Å². The van der Waals surface area contributed by atoms with E-state index in [1.165, 1.54) is 11.3 Å². The molecule has 37 heavy (non-hydrogen) atoms. The highest BCUT2D eigenvalue weighted by molar-refractivity contribution is 7.24. The van der Waals surface area contributed by atoms with E-state index in [2.05, 4.69) is 28.8 Å². The second kappa shape index (κ2) is 7.38. The fourth-order valence-electron chi connectivity index (χ4n) is 5.55. The van der Waals surface area contributed by atoms with Crippen LogP contribution in [0.3, 0.4) is 0 Å². The van der Waals surface area contributed by atoms with Crippen LogP contribution >= 0.6 is 11.3 Å². The maximum absolute atomic E-state index is 14.1. The van der Waals surface area contributed by atoms with Crippen molar-refractivity contribution in [2.24, 2.45) is 0 Å². The fraction of sp³-hybridized carbons (Fsp3) is 0. The molecule has 0 aliphatic heterocycles. The van der Waals surface area contributed by atoms with E-state index in [0.717, 1.165) is 36.9 Å². The highest BCUT2D eigenvalue weighted by Gasteiger charge is 2.18. The second-order valence-corrected chi connectivity index (χ2v) is 10.3. The summed E-state index contributed by atoms with van der Waals surface area (Å²) in [5, 5.41) is 4.35. The molecule has 0 amide bonds. The number of rotatable bonds is 1. The molecule has 0 unspecified atom stereocenters. The zero-order valence-electron chi connectivity index (χ0n) is 19.4. The highest BCUT2D eigenvalue weighted by Crippen LogP contribution is 2.35. The summed E-state index contributed by atoms with van der Waals surface area (Å²) in [6, 6.07) is 33.2. The van der Waals surface area contributed by atoms with Gasteiger partial charge in [-0.2, -0.15) is 0 Å². The van der Waals surface area contributed by atoms with Crippen LogP contribution in [0, 0.1) is 0 Å². The Labute approximate surface area is 213 Å². The van der Waals surface area contributed by atoms with E-state index in [9.17, 15) is 9.59 Å². The number of benzene rings is 5. The number of aromatic nitrogens is 1. The van der Waals surface area contributed by atoms with Crippen molar-refractivity contribution in [1.82, 2.24) is 4.57 Å². The molecule has 0 aliphatic rings. The summed E-state index contributed by atoms with van der Waals surface area (Å²) in [7, 11) is 0. The monoisotopic (exact) mass is 495 g/mol. The Morgan fingerprint density at radius 2 is 1.22 bits per heavy atom. The van der Waals surface area contributed by atoms with Gasteiger partial charge in [-0.15, -0.1) is 11.3 Å². The summed E-state index contributed by atoms with van der Waals surface area (Å²) in [6.07, 6.45) is 0. The first-order valence-corrected chi connectivity index (χ1v) is 12.8. The van der Waals surface area contributed by atoms with Gasteiger partial charge in [0, 0.05) is 30.9 Å². The van der Waals surface area contributed by atoms with Crippen LogP contribution in [-0.2, 0) is 0 Å². The van der Waals surface area contributed by atoms with E-state index in [-0.39, 0.29) is 10.9 Å². The third kappa shape index (κ3) is 2.77. The van der Waals surface area contributed by atoms with Gasteiger partial charge in [-0.05, 0) is 48.5 Å². The summed E-state index contributed by atoms with van der Waals surface area (Å²) in [4.78, 5) is 27.4. The first kappa shape index (κ1) is 20.5. The molecule has 0 atom stereocenters. The number of hydrogen-bond donors (Lipinski definition) is 0. The molecular weight excluding hydrogens is 478 g/mol. The molecule has 3 heterocycles. The van der Waals surface area contributed by atoms with Crippen LogP contribution in [-0.4, -0.2) is 4.57 Å². The first-order valence-electron chi connectivity index (χ1n) is 12.0. The molecular formula is C32H17NO3S. The minimum Gasteiger partial charge on any atom is -0.456 e. The molecule has 0 aliphatic carbocycles. The average Bonchev–Trinajstić information content (AvgIpc) is 3.27. The van der Waals surface area contributed by atoms with E-state index in [0.29, 0.717) is 32.7 Å². The minimum absolute atomic E-state index is 0.0681. The molecule has 0 saturated heterocycles. The third-order valence-corrected chi connectivity index (χ3v) is 8.33. The summed E-state index contributed by atoms with van der Waals surface area (Å²) in [5.41, 5.74) is 3.58. The Morgan fingerprint density at radius 1 is 0.541 bits per heavy atom. The molecule has 0 spiro atoms. The SMILES string of the molecule is O=c1c2ccccc2sc2cc3oc4cccc(-n5c6ccccc6c6ccccc65)c4c(=O)c3cc12. The lowest BCUT2D eigenvalue weighted by Crippen LogP contribution is -2.08. The van der Waals surface area contributed by atoms with Crippen LogP contribution in [0.4, 0.5) is 0 Å². The van der Waals surface area contributed by atoms with E-state index < -0.39 is 0 Å². The lowest BCUT2D eigenvalue weighted by Gasteiger charge is -2.12. The van der Waals surface area contributed by atoms with Gasteiger partial charge in [0.15, 0.2) is 5.43 Å². The molecule has 0 radical (unpaired) electrons. The van der Waals surface area contributed by atoms with Gasteiger partial charge in [0.2, 0.25) is 5.43 Å². The molecule has 0 saturated carbocycles. The minimum atomic E-state index is -0.145. The number of nitrogens with zero attached hydrogens (tertiary/aromatic N) is 1. The van der Waals surface area contributed by atoms with Gasteiger partial charge in [0.25, 0.3) is 0 Å². The zero-order chi connectivity index (χ0) is 24.7. The van der Waals surface area contributed by atoms with Crippen LogP contribution in [0.5, 0.6) is 0 Å². The Morgan fingerprint density at radius 3 is 1.97 bits per heavy atom. The van der Waals surface area contributed by atoms with Crippen molar-refractivity contribution < 1.29 is 4.42 Å². The Balaban J connectivity index is 1.53. The van der Waals surface area contributed by atoms with Crippen molar-refractivity contribution in [3.63, 3.8) is 0 Å². The summed E-state index contributed by atoms with van der Waals surface area (Å²) in [5.74, 6) is 0. The largest absolute Gasteiger partial charge is 0.456 e. The van der Waals surface area contributed by atoms with Gasteiger partial charge in [-0.3, -0.25) is 9.59 Å². The predicted molar refractivity (Wildman–Crippen MR) is 153 cm³/mol. The van der Waals surface area contributed by atoms with Gasteiger partial charge in [0.05, 0.1) is 27.5 Å². The fourth-order valence-corrected chi connectivity index (χ4v) is 6.63. The maximum atomic E-state index is 14.1. The Bertz CT molecular complexity index is 2300. The standard InChI is InChI=1S/C32H17NO3S/c34-31-20-10-3-6-15-28(20)37-29-17-27-21(16-22(29)31)32(35)30-25(13-7-14-26(30)36-27)33-23-11-4-1-8-18(23)19-9-2-5-12-24(19)33/h1-17H. The zero-order valence-corrected chi connectivity index (χ0v) is 20.2. The van der Waals surface area contributed by atoms with Crippen molar-refractivity contribution in [1.29, 1.82) is 0 Å². The number of fused-ring (bicyclic) bond motifs is 7. The van der Waals surface area contributed by atoms with Gasteiger partial charge in [-0.25, -0.2) is 0 Å². The van der Waals surface area contributed by atoms with E-state index in [1.54, 1.807) is 6.07 Å². The van der Waals surface area contributed by atoms with Crippen LogP contribution < -0.4 is 10.9 Å². The van der Waals surface area contributed by atoms with Crippen LogP contribution in [0.25, 0.3) is 69.6 Å². The smallest absolute Gasteiger partial charge is 0.202 e.